The van der Waals surface area contributed by atoms with Gasteiger partial charge in [-0.1, -0.05) is 17.4 Å². The molecule has 0 bridgehead atoms. The summed E-state index contributed by atoms with van der Waals surface area (Å²) in [6, 6.07) is 9.98. The summed E-state index contributed by atoms with van der Waals surface area (Å²) in [5.74, 6) is 0.480. The number of carbonyl (C=O) groups excluding carboxylic acids is 1. The molecule has 2 aromatic heterocycles. The van der Waals surface area contributed by atoms with Gasteiger partial charge in [-0.3, -0.25) is 18.5 Å². The van der Waals surface area contributed by atoms with E-state index < -0.39 is 12.0 Å². The number of hydrogen-bond donors (Lipinski definition) is 0. The van der Waals surface area contributed by atoms with Crippen LogP contribution in [0.5, 0.6) is 11.5 Å². The van der Waals surface area contributed by atoms with E-state index in [0.717, 1.165) is 16.6 Å². The summed E-state index contributed by atoms with van der Waals surface area (Å²) >= 11 is 1.22. The Balaban J connectivity index is 1.76. The molecule has 3 heterocycles. The highest BCUT2D eigenvalue weighted by Gasteiger charge is 2.35. The predicted molar refractivity (Wildman–Crippen MR) is 148 cm³/mol. The van der Waals surface area contributed by atoms with Gasteiger partial charge in [-0.05, 0) is 55.8 Å². The fraction of sp³-hybridized carbons (Fsp3) is 0.286. The number of imidazole rings is 1. The van der Waals surface area contributed by atoms with E-state index in [2.05, 4.69) is 4.99 Å². The first-order valence-electron chi connectivity index (χ1n) is 12.3. The highest BCUT2D eigenvalue weighted by atomic mass is 32.1. The third-order valence-corrected chi connectivity index (χ3v) is 7.83. The Labute approximate surface area is 227 Å². The average molecular weight is 549 g/mol. The second-order valence-electron chi connectivity index (χ2n) is 9.06. The Morgan fingerprint density at radius 3 is 2.49 bits per heavy atom. The first kappa shape index (κ1) is 26.2. The topological polar surface area (TPSA) is 106 Å². The zero-order valence-corrected chi connectivity index (χ0v) is 23.3. The number of ether oxygens (including phenoxy) is 3. The van der Waals surface area contributed by atoms with E-state index in [9.17, 15) is 14.4 Å². The van der Waals surface area contributed by atoms with E-state index >= 15 is 0 Å². The summed E-state index contributed by atoms with van der Waals surface area (Å²) in [5, 5.41) is 0. The monoisotopic (exact) mass is 548 g/mol. The lowest BCUT2D eigenvalue weighted by Gasteiger charge is -2.26. The number of nitrogens with zero attached hydrogens (tertiary/aromatic N) is 4. The number of methoxy groups -OCH3 is 2. The van der Waals surface area contributed by atoms with Gasteiger partial charge in [-0.2, -0.15) is 0 Å². The average Bonchev–Trinajstić information content (AvgIpc) is 3.34. The lowest BCUT2D eigenvalue weighted by Crippen LogP contribution is -2.40. The highest BCUT2D eigenvalue weighted by molar-refractivity contribution is 7.07. The predicted octanol–water partition coefficient (Wildman–Crippen LogP) is 2.01. The normalized spacial score (nSPS) is 15.3. The standard InChI is InChI=1S/C28H28N4O6S/c1-7-38-26(34)23-15(2)29-27-32(24(23)18-14-17(36-5)9-11-21(18)37-6)25(33)22(39-27)13-16-8-10-19-20(12-16)31(4)28(35)30(19)3/h8-14,24H,7H2,1-6H3/b22-13-. The molecule has 1 atom stereocenters. The van der Waals surface area contributed by atoms with Crippen LogP contribution in [-0.2, 0) is 23.6 Å². The van der Waals surface area contributed by atoms with E-state index in [4.69, 9.17) is 14.2 Å². The Hall–Kier alpha value is -4.38. The van der Waals surface area contributed by atoms with Crippen LogP contribution in [0.2, 0.25) is 0 Å². The molecule has 0 N–H and O–H groups in total. The Morgan fingerprint density at radius 2 is 1.79 bits per heavy atom. The van der Waals surface area contributed by atoms with Crippen LogP contribution in [0.1, 0.15) is 31.0 Å². The van der Waals surface area contributed by atoms with Gasteiger partial charge in [-0.25, -0.2) is 14.6 Å². The van der Waals surface area contributed by atoms with Crippen molar-refractivity contribution >= 4 is 34.4 Å². The fourth-order valence-corrected chi connectivity index (χ4v) is 5.95. The first-order chi connectivity index (χ1) is 18.7. The van der Waals surface area contributed by atoms with Crippen molar-refractivity contribution in [3.63, 3.8) is 0 Å². The van der Waals surface area contributed by atoms with Gasteiger partial charge in [0.15, 0.2) is 4.80 Å². The van der Waals surface area contributed by atoms with Gasteiger partial charge in [0.2, 0.25) is 0 Å². The van der Waals surface area contributed by atoms with E-state index in [1.54, 1.807) is 68.5 Å². The quantitative estimate of drug-likeness (QED) is 0.342. The largest absolute Gasteiger partial charge is 0.497 e. The SMILES string of the molecule is CCOC(=O)C1=C(C)N=c2s/c(=C\c3ccc4c(c3)n(C)c(=O)n4C)c(=O)n2C1c1cc(OC)ccc1OC. The van der Waals surface area contributed by atoms with Gasteiger partial charge in [0.25, 0.3) is 5.56 Å². The number of esters is 1. The van der Waals surface area contributed by atoms with Gasteiger partial charge in [0.05, 0.1) is 47.7 Å². The van der Waals surface area contributed by atoms with Crippen LogP contribution in [0.15, 0.2) is 62.2 Å². The number of benzene rings is 2. The molecule has 0 saturated carbocycles. The molecule has 5 rings (SSSR count). The minimum Gasteiger partial charge on any atom is -0.497 e. The molecular formula is C28H28N4O6S. The molecule has 0 radical (unpaired) electrons. The Morgan fingerprint density at radius 1 is 1.05 bits per heavy atom. The van der Waals surface area contributed by atoms with Gasteiger partial charge < -0.3 is 14.2 Å². The Bertz CT molecular complexity index is 1910. The molecule has 0 spiro atoms. The number of hydrogen-bond acceptors (Lipinski definition) is 8. The second-order valence-corrected chi connectivity index (χ2v) is 10.1. The van der Waals surface area contributed by atoms with E-state index in [1.165, 1.54) is 23.0 Å². The van der Waals surface area contributed by atoms with E-state index in [-0.39, 0.29) is 23.4 Å². The number of aromatic nitrogens is 3. The number of carbonyl (C=O) groups is 1. The van der Waals surface area contributed by atoms with Crippen LogP contribution in [-0.4, -0.2) is 40.5 Å². The summed E-state index contributed by atoms with van der Waals surface area (Å²) in [6.45, 7) is 3.63. The maximum absolute atomic E-state index is 14.0. The highest BCUT2D eigenvalue weighted by Crippen LogP contribution is 2.37. The lowest BCUT2D eigenvalue weighted by molar-refractivity contribution is -0.139. The molecule has 0 amide bonds. The molecule has 0 fully saturated rings. The van der Waals surface area contributed by atoms with E-state index in [1.807, 2.05) is 18.2 Å². The van der Waals surface area contributed by atoms with Crippen molar-refractivity contribution < 1.29 is 19.0 Å². The molecule has 10 nitrogen and oxygen atoms in total. The molecule has 1 unspecified atom stereocenters. The summed E-state index contributed by atoms with van der Waals surface area (Å²) < 4.78 is 21.5. The third-order valence-electron chi connectivity index (χ3n) is 6.84. The minimum absolute atomic E-state index is 0.129. The van der Waals surface area contributed by atoms with Gasteiger partial charge >= 0.3 is 11.7 Å². The van der Waals surface area contributed by atoms with Crippen molar-refractivity contribution in [3.05, 3.63) is 89.0 Å². The number of allylic oxidation sites excluding steroid dienone is 1. The fourth-order valence-electron chi connectivity index (χ4n) is 4.90. The molecule has 1 aliphatic heterocycles. The van der Waals surface area contributed by atoms with Gasteiger partial charge in [-0.15, -0.1) is 0 Å². The zero-order valence-electron chi connectivity index (χ0n) is 22.5. The Kier molecular flexibility index (Phi) is 6.77. The molecule has 1 aliphatic rings. The summed E-state index contributed by atoms with van der Waals surface area (Å²) in [6.07, 6.45) is 1.77. The van der Waals surface area contributed by atoms with Crippen molar-refractivity contribution in [1.82, 2.24) is 13.7 Å². The van der Waals surface area contributed by atoms with Crippen molar-refractivity contribution in [2.45, 2.75) is 19.9 Å². The number of rotatable bonds is 6. The number of fused-ring (bicyclic) bond motifs is 2. The number of aryl methyl sites for hydroxylation is 2. The summed E-state index contributed by atoms with van der Waals surface area (Å²) in [4.78, 5) is 44.6. The molecule has 11 heteroatoms. The molecule has 2 aromatic carbocycles. The molecule has 202 valence electrons. The van der Waals surface area contributed by atoms with Crippen molar-refractivity contribution in [3.8, 4) is 11.5 Å². The molecule has 39 heavy (non-hydrogen) atoms. The first-order valence-corrected chi connectivity index (χ1v) is 13.1. The molecular weight excluding hydrogens is 520 g/mol. The molecule has 4 aromatic rings. The number of thiazole rings is 1. The van der Waals surface area contributed by atoms with Crippen molar-refractivity contribution in [2.75, 3.05) is 20.8 Å². The molecule has 0 aliphatic carbocycles. The van der Waals surface area contributed by atoms with E-state index in [0.29, 0.717) is 32.1 Å². The van der Waals surface area contributed by atoms with Crippen molar-refractivity contribution in [2.24, 2.45) is 19.1 Å². The maximum Gasteiger partial charge on any atom is 0.338 e. The van der Waals surface area contributed by atoms with Gasteiger partial charge in [0.1, 0.15) is 17.5 Å². The van der Waals surface area contributed by atoms with Crippen LogP contribution in [0, 0.1) is 0 Å². The maximum atomic E-state index is 14.0. The van der Waals surface area contributed by atoms with Crippen LogP contribution >= 0.6 is 11.3 Å². The summed E-state index contributed by atoms with van der Waals surface area (Å²) in [7, 11) is 6.51. The van der Waals surface area contributed by atoms with Crippen LogP contribution in [0.4, 0.5) is 0 Å². The van der Waals surface area contributed by atoms with Crippen molar-refractivity contribution in [1.29, 1.82) is 0 Å². The smallest absolute Gasteiger partial charge is 0.338 e. The second kappa shape index (κ2) is 10.1. The van der Waals surface area contributed by atoms with Crippen LogP contribution < -0.4 is 30.1 Å². The zero-order chi connectivity index (χ0) is 28.0. The van der Waals surface area contributed by atoms with Gasteiger partial charge in [0, 0.05) is 19.7 Å². The van der Waals surface area contributed by atoms with Crippen LogP contribution in [0.25, 0.3) is 17.1 Å². The minimum atomic E-state index is -0.843. The third kappa shape index (κ3) is 4.28. The van der Waals surface area contributed by atoms with Crippen LogP contribution in [0.3, 0.4) is 0 Å². The lowest BCUT2D eigenvalue weighted by atomic mass is 9.94. The molecule has 0 saturated heterocycles. The summed E-state index contributed by atoms with van der Waals surface area (Å²) in [5.41, 5.74) is 3.14.